The standard InChI is InChI=1S/C24H20ClNO3/c1-28-24(27)22-23(29-16-18-10-6-3-7-11-18)20-14-19(25)12-13-21(20)26(22)15-17-8-4-2-5-9-17/h2-14H,15-16H2,1H3. The summed E-state index contributed by atoms with van der Waals surface area (Å²) in [5, 5.41) is 1.36. The van der Waals surface area contributed by atoms with E-state index >= 15 is 0 Å². The maximum atomic E-state index is 12.8. The molecule has 0 fully saturated rings. The number of esters is 1. The minimum Gasteiger partial charge on any atom is -0.486 e. The van der Waals surface area contributed by atoms with Gasteiger partial charge in [0.2, 0.25) is 0 Å². The largest absolute Gasteiger partial charge is 0.486 e. The number of methoxy groups -OCH3 is 1. The van der Waals surface area contributed by atoms with Gasteiger partial charge in [-0.05, 0) is 29.3 Å². The normalized spacial score (nSPS) is 10.8. The van der Waals surface area contributed by atoms with Crippen LogP contribution < -0.4 is 4.74 Å². The number of benzene rings is 3. The summed E-state index contributed by atoms with van der Waals surface area (Å²) in [4.78, 5) is 12.8. The molecule has 0 aliphatic carbocycles. The van der Waals surface area contributed by atoms with Gasteiger partial charge in [-0.15, -0.1) is 0 Å². The highest BCUT2D eigenvalue weighted by Crippen LogP contribution is 2.36. The number of carbonyl (C=O) groups excluding carboxylic acids is 1. The number of fused-ring (bicyclic) bond motifs is 1. The van der Waals surface area contributed by atoms with Crippen LogP contribution in [0.1, 0.15) is 21.6 Å². The van der Waals surface area contributed by atoms with Crippen LogP contribution >= 0.6 is 11.6 Å². The quantitative estimate of drug-likeness (QED) is 0.386. The van der Waals surface area contributed by atoms with Crippen LogP contribution in [-0.2, 0) is 17.9 Å². The Morgan fingerprint density at radius 3 is 2.24 bits per heavy atom. The summed E-state index contributed by atoms with van der Waals surface area (Å²) in [6.45, 7) is 0.847. The van der Waals surface area contributed by atoms with Gasteiger partial charge in [0.15, 0.2) is 11.4 Å². The fraction of sp³-hybridized carbons (Fsp3) is 0.125. The lowest BCUT2D eigenvalue weighted by atomic mass is 10.2. The van der Waals surface area contributed by atoms with Gasteiger partial charge in [0.05, 0.1) is 12.6 Å². The average molecular weight is 406 g/mol. The van der Waals surface area contributed by atoms with Crippen molar-refractivity contribution in [3.05, 3.63) is 101 Å². The molecule has 0 aliphatic rings. The van der Waals surface area contributed by atoms with Crippen molar-refractivity contribution in [2.24, 2.45) is 0 Å². The molecule has 0 atom stereocenters. The van der Waals surface area contributed by atoms with E-state index in [-0.39, 0.29) is 0 Å². The minimum atomic E-state index is -0.448. The predicted molar refractivity (Wildman–Crippen MR) is 115 cm³/mol. The van der Waals surface area contributed by atoms with E-state index in [1.54, 1.807) is 0 Å². The molecule has 29 heavy (non-hydrogen) atoms. The summed E-state index contributed by atoms with van der Waals surface area (Å²) in [5.41, 5.74) is 3.32. The summed E-state index contributed by atoms with van der Waals surface area (Å²) in [5.74, 6) is 0.0328. The van der Waals surface area contributed by atoms with E-state index in [9.17, 15) is 4.79 Å². The number of hydrogen-bond donors (Lipinski definition) is 0. The minimum absolute atomic E-state index is 0.335. The third-order valence-electron chi connectivity index (χ3n) is 4.77. The second kappa shape index (κ2) is 8.41. The van der Waals surface area contributed by atoms with Gasteiger partial charge in [-0.3, -0.25) is 0 Å². The zero-order chi connectivity index (χ0) is 20.2. The fourth-order valence-corrected chi connectivity index (χ4v) is 3.57. The average Bonchev–Trinajstić information content (AvgIpc) is 3.05. The summed E-state index contributed by atoms with van der Waals surface area (Å²) >= 11 is 6.26. The van der Waals surface area contributed by atoms with E-state index in [0.717, 1.165) is 22.0 Å². The first-order valence-electron chi connectivity index (χ1n) is 9.28. The Morgan fingerprint density at radius 2 is 1.59 bits per heavy atom. The Bertz CT molecular complexity index is 1140. The lowest BCUT2D eigenvalue weighted by Crippen LogP contribution is -2.13. The number of aromatic nitrogens is 1. The van der Waals surface area contributed by atoms with Crippen molar-refractivity contribution < 1.29 is 14.3 Å². The molecular weight excluding hydrogens is 386 g/mol. The number of hydrogen-bond acceptors (Lipinski definition) is 3. The van der Waals surface area contributed by atoms with Crippen LogP contribution in [-0.4, -0.2) is 17.6 Å². The van der Waals surface area contributed by atoms with Crippen LogP contribution in [0.5, 0.6) is 5.75 Å². The Hall–Kier alpha value is -3.24. The molecule has 0 spiro atoms. The van der Waals surface area contributed by atoms with E-state index in [1.807, 2.05) is 83.4 Å². The second-order valence-electron chi connectivity index (χ2n) is 6.68. The molecule has 1 aromatic heterocycles. The first-order chi connectivity index (χ1) is 14.2. The first-order valence-corrected chi connectivity index (χ1v) is 9.66. The van der Waals surface area contributed by atoms with Crippen molar-refractivity contribution in [3.63, 3.8) is 0 Å². The van der Waals surface area contributed by atoms with Crippen LogP contribution in [0.15, 0.2) is 78.9 Å². The van der Waals surface area contributed by atoms with Crippen LogP contribution in [0.4, 0.5) is 0 Å². The molecule has 3 aromatic carbocycles. The van der Waals surface area contributed by atoms with Gasteiger partial charge in [-0.25, -0.2) is 4.79 Å². The molecule has 4 nitrogen and oxygen atoms in total. The van der Waals surface area contributed by atoms with Crippen molar-refractivity contribution in [1.82, 2.24) is 4.57 Å². The Labute approximate surface area is 174 Å². The van der Waals surface area contributed by atoms with Gasteiger partial charge in [0.25, 0.3) is 0 Å². The molecule has 0 N–H and O–H groups in total. The van der Waals surface area contributed by atoms with Crippen molar-refractivity contribution in [1.29, 1.82) is 0 Å². The predicted octanol–water partition coefficient (Wildman–Crippen LogP) is 5.71. The monoisotopic (exact) mass is 405 g/mol. The number of carbonyl (C=O) groups is 1. The third kappa shape index (κ3) is 3.98. The SMILES string of the molecule is COC(=O)c1c(OCc2ccccc2)c2cc(Cl)ccc2n1Cc1ccccc1. The molecule has 1 heterocycles. The molecule has 0 saturated carbocycles. The van der Waals surface area contributed by atoms with Crippen LogP contribution in [0.2, 0.25) is 5.02 Å². The summed E-state index contributed by atoms with van der Waals surface area (Å²) in [7, 11) is 1.38. The highest BCUT2D eigenvalue weighted by molar-refractivity contribution is 6.31. The van der Waals surface area contributed by atoms with E-state index in [0.29, 0.717) is 29.6 Å². The number of halogens is 1. The maximum absolute atomic E-state index is 12.8. The maximum Gasteiger partial charge on any atom is 0.358 e. The third-order valence-corrected chi connectivity index (χ3v) is 5.00. The molecule has 0 saturated heterocycles. The van der Waals surface area contributed by atoms with Gasteiger partial charge < -0.3 is 14.0 Å². The van der Waals surface area contributed by atoms with Gasteiger partial charge >= 0.3 is 5.97 Å². The number of nitrogens with zero attached hydrogens (tertiary/aromatic N) is 1. The smallest absolute Gasteiger partial charge is 0.358 e. The van der Waals surface area contributed by atoms with E-state index in [4.69, 9.17) is 21.1 Å². The Balaban J connectivity index is 1.85. The lowest BCUT2D eigenvalue weighted by molar-refractivity contribution is 0.0584. The fourth-order valence-electron chi connectivity index (χ4n) is 3.40. The highest BCUT2D eigenvalue weighted by atomic mass is 35.5. The molecule has 4 rings (SSSR count). The topological polar surface area (TPSA) is 40.5 Å². The van der Waals surface area contributed by atoms with Crippen LogP contribution in [0.3, 0.4) is 0 Å². The molecular formula is C24H20ClNO3. The Morgan fingerprint density at radius 1 is 0.931 bits per heavy atom. The molecule has 0 amide bonds. The zero-order valence-electron chi connectivity index (χ0n) is 16.0. The van der Waals surface area contributed by atoms with Crippen molar-refractivity contribution in [2.45, 2.75) is 13.2 Å². The van der Waals surface area contributed by atoms with Gasteiger partial charge in [-0.1, -0.05) is 72.3 Å². The summed E-state index contributed by atoms with van der Waals surface area (Å²) in [6, 6.07) is 25.3. The summed E-state index contributed by atoms with van der Waals surface area (Å²) in [6.07, 6.45) is 0. The van der Waals surface area contributed by atoms with Crippen LogP contribution in [0, 0.1) is 0 Å². The first kappa shape index (κ1) is 19.1. The molecule has 4 aromatic rings. The molecule has 0 bridgehead atoms. The molecule has 0 aliphatic heterocycles. The molecule has 146 valence electrons. The molecule has 5 heteroatoms. The lowest BCUT2D eigenvalue weighted by Gasteiger charge is -2.11. The number of ether oxygens (including phenoxy) is 2. The Kier molecular flexibility index (Phi) is 5.54. The van der Waals surface area contributed by atoms with Gasteiger partial charge in [0.1, 0.15) is 6.61 Å². The van der Waals surface area contributed by atoms with Crippen LogP contribution in [0.25, 0.3) is 10.9 Å². The van der Waals surface area contributed by atoms with Crippen molar-refractivity contribution in [2.75, 3.05) is 7.11 Å². The summed E-state index contributed by atoms with van der Waals surface area (Å²) < 4.78 is 13.2. The number of rotatable bonds is 6. The van der Waals surface area contributed by atoms with E-state index in [2.05, 4.69) is 0 Å². The second-order valence-corrected chi connectivity index (χ2v) is 7.11. The van der Waals surface area contributed by atoms with E-state index in [1.165, 1.54) is 7.11 Å². The highest BCUT2D eigenvalue weighted by Gasteiger charge is 2.25. The molecule has 0 radical (unpaired) electrons. The molecule has 0 unspecified atom stereocenters. The van der Waals surface area contributed by atoms with Crippen molar-refractivity contribution >= 4 is 28.5 Å². The zero-order valence-corrected chi connectivity index (χ0v) is 16.7. The van der Waals surface area contributed by atoms with Gasteiger partial charge in [0, 0.05) is 17.0 Å². The van der Waals surface area contributed by atoms with Crippen molar-refractivity contribution in [3.8, 4) is 5.75 Å². The van der Waals surface area contributed by atoms with E-state index < -0.39 is 5.97 Å². The van der Waals surface area contributed by atoms with Gasteiger partial charge in [-0.2, -0.15) is 0 Å².